The maximum absolute atomic E-state index is 6.31. The van der Waals surface area contributed by atoms with Crippen molar-refractivity contribution in [3.8, 4) is 26.3 Å². The van der Waals surface area contributed by atoms with Crippen LogP contribution in [0.4, 0.5) is 0 Å². The van der Waals surface area contributed by atoms with Crippen LogP contribution < -0.4 is 14.2 Å². The molecule has 0 bridgehead atoms. The minimum absolute atomic E-state index is 0.634. The fraction of sp³-hybridized carbons (Fsp3) is 0.474. The Kier molecular flexibility index (Phi) is 10.9. The smallest absolute Gasteiger partial charge is 0.175 e. The summed E-state index contributed by atoms with van der Waals surface area (Å²) in [5.41, 5.74) is 0. The quantitative estimate of drug-likeness (QED) is 0.0899. The lowest BCUT2D eigenvalue weighted by Gasteiger charge is -2.14. The van der Waals surface area contributed by atoms with E-state index in [4.69, 9.17) is 14.2 Å². The highest BCUT2D eigenvalue weighted by Gasteiger charge is 2.21. The maximum Gasteiger partial charge on any atom is 0.175 e. The molecule has 2 aromatic carbocycles. The fourth-order valence-electron chi connectivity index (χ4n) is 6.35. The van der Waals surface area contributed by atoms with Crippen LogP contribution in [0.15, 0.2) is 30.3 Å². The molecule has 0 aliphatic rings. The van der Waals surface area contributed by atoms with E-state index in [-0.39, 0.29) is 0 Å². The first-order chi connectivity index (χ1) is 22.0. The van der Waals surface area contributed by atoms with Gasteiger partial charge in [0.2, 0.25) is 0 Å². The van der Waals surface area contributed by atoms with Crippen molar-refractivity contribution in [2.45, 2.75) is 98.8 Å². The molecule has 0 radical (unpaired) electrons. The van der Waals surface area contributed by atoms with E-state index >= 15 is 0 Å². The monoisotopic (exact) mass is 678 g/mol. The third-order valence-electron chi connectivity index (χ3n) is 8.52. The number of rotatable bonds is 17. The predicted molar refractivity (Wildman–Crippen MR) is 203 cm³/mol. The van der Waals surface area contributed by atoms with Crippen LogP contribution in [0.1, 0.15) is 94.7 Å². The van der Waals surface area contributed by atoms with Crippen molar-refractivity contribution in [3.05, 3.63) is 40.1 Å². The van der Waals surface area contributed by atoms with E-state index in [1.54, 1.807) is 11.3 Å². The van der Waals surface area contributed by atoms with Gasteiger partial charge in [-0.2, -0.15) is 0 Å². The van der Waals surface area contributed by atoms with Crippen molar-refractivity contribution in [1.82, 2.24) is 0 Å². The van der Waals surface area contributed by atoms with E-state index < -0.39 is 0 Å². The number of ether oxygens (including phenoxy) is 3. The number of hydrogen-bond acceptors (Lipinski definition) is 7. The Labute approximate surface area is 284 Å². The highest BCUT2D eigenvalue weighted by atomic mass is 32.1. The molecule has 0 amide bonds. The molecule has 0 saturated carbocycles. The Bertz CT molecular complexity index is 1810. The summed E-state index contributed by atoms with van der Waals surface area (Å²) in [6.07, 6.45) is 13.4. The Morgan fingerprint density at radius 1 is 0.556 bits per heavy atom. The molecule has 240 valence electrons. The molecule has 0 aliphatic heterocycles. The second-order valence-corrected chi connectivity index (χ2v) is 16.6. The van der Waals surface area contributed by atoms with Gasteiger partial charge in [0.05, 0.1) is 34.1 Å². The first kappa shape index (κ1) is 32.6. The van der Waals surface area contributed by atoms with Gasteiger partial charge in [-0.3, -0.25) is 0 Å². The predicted octanol–water partition coefficient (Wildman–Crippen LogP) is 13.9. The lowest BCUT2D eigenvalue weighted by molar-refractivity contribution is 0.313. The minimum Gasteiger partial charge on any atom is -0.493 e. The van der Waals surface area contributed by atoms with Gasteiger partial charge in [-0.1, -0.05) is 76.0 Å². The highest BCUT2D eigenvalue weighted by Crippen LogP contribution is 2.51. The first-order valence-electron chi connectivity index (χ1n) is 16.9. The molecule has 0 aliphatic carbocycles. The third-order valence-corrected chi connectivity index (χ3v) is 13.3. The molecule has 3 nitrogen and oxygen atoms in total. The summed E-state index contributed by atoms with van der Waals surface area (Å²) >= 11 is 7.38. The van der Waals surface area contributed by atoms with Gasteiger partial charge in [0.1, 0.15) is 11.5 Å². The van der Waals surface area contributed by atoms with E-state index in [9.17, 15) is 0 Å². The van der Waals surface area contributed by atoms with Gasteiger partial charge < -0.3 is 14.2 Å². The molecule has 4 heterocycles. The standard InChI is InChI=1S/C38H46O3S4/c1-6-9-10-11-12-13-14-15-16-17-18-41-33-23-30-36(45-33)25(5)43-37(30)32-21-26-20-27-28(22-31(26)44-32)34(39-7-2)29-19-24(4)42-38(29)35(27)40-8-3/h19-23H,6-18H2,1-5H3. The molecular weight excluding hydrogens is 633 g/mol. The summed E-state index contributed by atoms with van der Waals surface area (Å²) in [6.45, 7) is 12.9. The van der Waals surface area contributed by atoms with E-state index in [0.29, 0.717) is 13.2 Å². The first-order valence-corrected chi connectivity index (χ1v) is 20.1. The summed E-state index contributed by atoms with van der Waals surface area (Å²) in [5, 5.41) is 7.07. The highest BCUT2D eigenvalue weighted by molar-refractivity contribution is 7.30. The van der Waals surface area contributed by atoms with Gasteiger partial charge in [-0.25, -0.2) is 0 Å². The van der Waals surface area contributed by atoms with Gasteiger partial charge in [0.25, 0.3) is 0 Å². The molecule has 0 fully saturated rings. The van der Waals surface area contributed by atoms with Crippen LogP contribution in [0.5, 0.6) is 16.6 Å². The fourth-order valence-corrected chi connectivity index (χ4v) is 10.8. The van der Waals surface area contributed by atoms with Crippen LogP contribution in [0.25, 0.3) is 50.8 Å². The number of unbranched alkanes of at least 4 members (excludes halogenated alkanes) is 9. The molecule has 0 atom stereocenters. The number of benzene rings is 2. The lowest BCUT2D eigenvalue weighted by atomic mass is 10.0. The number of hydrogen-bond donors (Lipinski definition) is 0. The molecular formula is C38H46O3S4. The number of thiophene rings is 4. The normalized spacial score (nSPS) is 11.9. The van der Waals surface area contributed by atoms with Gasteiger partial charge >= 0.3 is 0 Å². The SMILES string of the molecule is CCCCCCCCCCCCOc1cc2c(-c3cc4cc5c(OCC)c6sc(C)cc6c(OCC)c5cc4s3)sc(C)c2s1. The largest absolute Gasteiger partial charge is 0.493 e. The summed E-state index contributed by atoms with van der Waals surface area (Å²) in [4.78, 5) is 5.31. The van der Waals surface area contributed by atoms with Gasteiger partial charge in [-0.15, -0.1) is 34.0 Å². The molecule has 4 aromatic heterocycles. The maximum atomic E-state index is 6.31. The van der Waals surface area contributed by atoms with Crippen molar-refractivity contribution >= 4 is 86.4 Å². The van der Waals surface area contributed by atoms with E-state index in [1.165, 1.54) is 102 Å². The van der Waals surface area contributed by atoms with Crippen molar-refractivity contribution in [2.75, 3.05) is 19.8 Å². The zero-order chi connectivity index (χ0) is 31.3. The van der Waals surface area contributed by atoms with E-state index in [0.717, 1.165) is 45.7 Å². The van der Waals surface area contributed by atoms with Gasteiger partial charge in [0, 0.05) is 46.9 Å². The second-order valence-electron chi connectivity index (χ2n) is 12.0. The van der Waals surface area contributed by atoms with Crippen molar-refractivity contribution in [1.29, 1.82) is 0 Å². The molecule has 45 heavy (non-hydrogen) atoms. The minimum atomic E-state index is 0.634. The number of fused-ring (bicyclic) bond motifs is 4. The van der Waals surface area contributed by atoms with Crippen molar-refractivity contribution < 1.29 is 14.2 Å². The molecule has 6 rings (SSSR count). The van der Waals surface area contributed by atoms with E-state index in [1.807, 2.05) is 34.0 Å². The van der Waals surface area contributed by atoms with Crippen molar-refractivity contribution in [3.63, 3.8) is 0 Å². The van der Waals surface area contributed by atoms with Gasteiger partial charge in [-0.05, 0) is 63.8 Å². The zero-order valence-electron chi connectivity index (χ0n) is 27.4. The van der Waals surface area contributed by atoms with E-state index in [2.05, 4.69) is 65.0 Å². The van der Waals surface area contributed by atoms with Gasteiger partial charge in [0.15, 0.2) is 5.06 Å². The topological polar surface area (TPSA) is 27.7 Å². The van der Waals surface area contributed by atoms with Crippen LogP contribution in [0.2, 0.25) is 0 Å². The molecule has 7 heteroatoms. The van der Waals surface area contributed by atoms with Crippen LogP contribution >= 0.6 is 45.3 Å². The molecule has 0 unspecified atom stereocenters. The lowest BCUT2D eigenvalue weighted by Crippen LogP contribution is -1.97. The Hall–Kier alpha value is -2.32. The average molecular weight is 679 g/mol. The molecule has 0 N–H and O–H groups in total. The van der Waals surface area contributed by atoms with Crippen LogP contribution in [0.3, 0.4) is 0 Å². The molecule has 6 aromatic rings. The molecule has 0 spiro atoms. The summed E-state index contributed by atoms with van der Waals surface area (Å²) < 4.78 is 22.7. The summed E-state index contributed by atoms with van der Waals surface area (Å²) in [5.74, 6) is 1.96. The van der Waals surface area contributed by atoms with Crippen LogP contribution in [-0.2, 0) is 0 Å². The van der Waals surface area contributed by atoms with Crippen molar-refractivity contribution in [2.24, 2.45) is 0 Å². The van der Waals surface area contributed by atoms with Crippen LogP contribution in [-0.4, -0.2) is 19.8 Å². The second kappa shape index (κ2) is 15.1. The Morgan fingerprint density at radius 2 is 1.24 bits per heavy atom. The molecule has 0 saturated heterocycles. The summed E-state index contributed by atoms with van der Waals surface area (Å²) in [6, 6.07) is 11.5. The van der Waals surface area contributed by atoms with Crippen LogP contribution in [0, 0.1) is 13.8 Å². The average Bonchev–Trinajstić information content (AvgIpc) is 3.80. The zero-order valence-corrected chi connectivity index (χ0v) is 30.7. The Balaban J connectivity index is 1.21. The third kappa shape index (κ3) is 7.02. The summed E-state index contributed by atoms with van der Waals surface area (Å²) in [7, 11) is 0. The number of aryl methyl sites for hydroxylation is 2. The Morgan fingerprint density at radius 3 is 1.98 bits per heavy atom.